The number of aromatic nitrogens is 5. The second kappa shape index (κ2) is 9.13. The van der Waals surface area contributed by atoms with E-state index in [0.717, 1.165) is 33.5 Å². The van der Waals surface area contributed by atoms with Crippen molar-refractivity contribution in [2.45, 2.75) is 33.9 Å². The first kappa shape index (κ1) is 22.5. The Morgan fingerprint density at radius 3 is 2.54 bits per heavy atom. The summed E-state index contributed by atoms with van der Waals surface area (Å²) < 4.78 is 16.9. The van der Waals surface area contributed by atoms with Crippen LogP contribution in [-0.2, 0) is 17.9 Å². The van der Waals surface area contributed by atoms with Crippen molar-refractivity contribution in [3.8, 4) is 11.1 Å². The molecule has 35 heavy (non-hydrogen) atoms. The van der Waals surface area contributed by atoms with Crippen molar-refractivity contribution >= 4 is 22.8 Å². The molecule has 0 radical (unpaired) electrons. The second-order valence-corrected chi connectivity index (χ2v) is 8.67. The monoisotopic (exact) mass is 468 g/mol. The fraction of sp³-hybridized carbons (Fsp3) is 0.185. The molecule has 2 aromatic carbocycles. The maximum Gasteiger partial charge on any atom is 0.247 e. The van der Waals surface area contributed by atoms with Gasteiger partial charge in [-0.25, -0.2) is 14.1 Å². The van der Waals surface area contributed by atoms with Crippen LogP contribution in [0.25, 0.3) is 22.2 Å². The Kier molecular flexibility index (Phi) is 5.86. The summed E-state index contributed by atoms with van der Waals surface area (Å²) in [5, 5.41) is 12.8. The molecule has 0 atom stereocenters. The van der Waals surface area contributed by atoms with Gasteiger partial charge in [0, 0.05) is 23.3 Å². The average molecular weight is 469 g/mol. The maximum atomic E-state index is 13.4. The number of hydrogen-bond acceptors (Lipinski definition) is 4. The summed E-state index contributed by atoms with van der Waals surface area (Å²) in [5.41, 5.74) is 6.39. The molecule has 0 saturated heterocycles. The molecule has 5 aromatic rings. The van der Waals surface area contributed by atoms with E-state index in [0.29, 0.717) is 18.0 Å². The zero-order chi connectivity index (χ0) is 24.5. The largest absolute Gasteiger partial charge is 0.308 e. The molecule has 0 aliphatic heterocycles. The first-order valence-electron chi connectivity index (χ1n) is 11.4. The van der Waals surface area contributed by atoms with Gasteiger partial charge in [-0.1, -0.05) is 42.0 Å². The minimum Gasteiger partial charge on any atom is -0.308 e. The third kappa shape index (κ3) is 4.68. The summed E-state index contributed by atoms with van der Waals surface area (Å²) in [5.74, 6) is -0.0448. The van der Waals surface area contributed by atoms with Crippen molar-refractivity contribution in [3.05, 3.63) is 95.2 Å². The van der Waals surface area contributed by atoms with Gasteiger partial charge in [0.25, 0.3) is 0 Å². The van der Waals surface area contributed by atoms with Gasteiger partial charge in [0.05, 0.1) is 12.2 Å². The number of carbonyl (C=O) groups excluding carboxylic acids is 1. The number of halogens is 1. The smallest absolute Gasteiger partial charge is 0.247 e. The summed E-state index contributed by atoms with van der Waals surface area (Å²) in [7, 11) is 0. The molecule has 0 aliphatic rings. The second-order valence-electron chi connectivity index (χ2n) is 8.67. The van der Waals surface area contributed by atoms with Crippen LogP contribution >= 0.6 is 0 Å². The highest BCUT2D eigenvalue weighted by atomic mass is 19.1. The standard InChI is InChI=1S/C27H25FN6O/c1-17-5-4-6-20(13-17)15-33-18(2)14-24(32-33)30-25(35)16-34-27-26(19(3)31-34)23(11-12-29-27)21-7-9-22(28)10-8-21/h4-14H,15-16H2,1-3H3,(H,30,32,35). The first-order chi connectivity index (χ1) is 16.9. The maximum absolute atomic E-state index is 13.4. The third-order valence-electron chi connectivity index (χ3n) is 5.92. The fourth-order valence-electron chi connectivity index (χ4n) is 4.29. The fourth-order valence-corrected chi connectivity index (χ4v) is 4.29. The van der Waals surface area contributed by atoms with Crippen LogP contribution in [0, 0.1) is 26.6 Å². The zero-order valence-corrected chi connectivity index (χ0v) is 19.8. The molecule has 3 aromatic heterocycles. The van der Waals surface area contributed by atoms with Crippen molar-refractivity contribution < 1.29 is 9.18 Å². The van der Waals surface area contributed by atoms with Crippen molar-refractivity contribution in [1.82, 2.24) is 24.5 Å². The first-order valence-corrected chi connectivity index (χ1v) is 11.4. The van der Waals surface area contributed by atoms with Gasteiger partial charge in [-0.3, -0.25) is 9.48 Å². The SMILES string of the molecule is Cc1cccc(Cn2nc(NC(=O)Cn3nc(C)c4c(-c5ccc(F)cc5)ccnc43)cc2C)c1. The van der Waals surface area contributed by atoms with E-state index in [9.17, 15) is 9.18 Å². The van der Waals surface area contributed by atoms with Gasteiger partial charge in [0.15, 0.2) is 11.5 Å². The Morgan fingerprint density at radius 1 is 0.971 bits per heavy atom. The van der Waals surface area contributed by atoms with Gasteiger partial charge in [-0.15, -0.1) is 0 Å². The highest BCUT2D eigenvalue weighted by Crippen LogP contribution is 2.30. The average Bonchev–Trinajstić information content (AvgIpc) is 3.32. The molecular formula is C27H25FN6O. The van der Waals surface area contributed by atoms with Gasteiger partial charge in [0.1, 0.15) is 12.4 Å². The lowest BCUT2D eigenvalue weighted by molar-refractivity contribution is -0.116. The van der Waals surface area contributed by atoms with Crippen molar-refractivity contribution in [2.75, 3.05) is 5.32 Å². The van der Waals surface area contributed by atoms with Crippen LogP contribution in [0.15, 0.2) is 66.9 Å². The molecule has 7 nitrogen and oxygen atoms in total. The van der Waals surface area contributed by atoms with Crippen molar-refractivity contribution in [2.24, 2.45) is 0 Å². The summed E-state index contributed by atoms with van der Waals surface area (Å²) in [6.07, 6.45) is 1.67. The van der Waals surface area contributed by atoms with E-state index >= 15 is 0 Å². The van der Waals surface area contributed by atoms with Crippen LogP contribution in [0.4, 0.5) is 10.2 Å². The predicted octanol–water partition coefficient (Wildman–Crippen LogP) is 5.05. The Balaban J connectivity index is 1.35. The van der Waals surface area contributed by atoms with Crippen LogP contribution in [0.2, 0.25) is 0 Å². The molecule has 0 unspecified atom stereocenters. The highest BCUT2D eigenvalue weighted by Gasteiger charge is 2.17. The van der Waals surface area contributed by atoms with Crippen molar-refractivity contribution in [1.29, 1.82) is 0 Å². The number of aryl methyl sites for hydroxylation is 3. The summed E-state index contributed by atoms with van der Waals surface area (Å²) >= 11 is 0. The molecule has 3 heterocycles. The number of anilines is 1. The van der Waals surface area contributed by atoms with E-state index in [4.69, 9.17) is 0 Å². The van der Waals surface area contributed by atoms with Gasteiger partial charge in [-0.2, -0.15) is 10.2 Å². The number of amides is 1. The van der Waals surface area contributed by atoms with E-state index in [1.165, 1.54) is 17.7 Å². The van der Waals surface area contributed by atoms with Gasteiger partial charge in [0.2, 0.25) is 5.91 Å². The Hall–Kier alpha value is -4.33. The number of nitrogens with zero attached hydrogens (tertiary/aromatic N) is 5. The van der Waals surface area contributed by atoms with E-state index in [-0.39, 0.29) is 18.3 Å². The summed E-state index contributed by atoms with van der Waals surface area (Å²) in [6.45, 7) is 6.52. The Bertz CT molecular complexity index is 1530. The molecule has 5 rings (SSSR count). The molecule has 0 bridgehead atoms. The molecule has 0 aliphatic carbocycles. The van der Waals surface area contributed by atoms with Gasteiger partial charge >= 0.3 is 0 Å². The van der Waals surface area contributed by atoms with Crippen LogP contribution in [-0.4, -0.2) is 30.5 Å². The molecular weight excluding hydrogens is 443 g/mol. The Labute approximate surface area is 202 Å². The lowest BCUT2D eigenvalue weighted by Gasteiger charge is -2.06. The van der Waals surface area contributed by atoms with E-state index in [1.807, 2.05) is 36.7 Å². The van der Waals surface area contributed by atoms with Crippen LogP contribution in [0.3, 0.4) is 0 Å². The molecule has 176 valence electrons. The number of carbonyl (C=O) groups is 1. The molecule has 1 N–H and O–H groups in total. The molecule has 0 saturated carbocycles. The van der Waals surface area contributed by atoms with Crippen LogP contribution in [0.1, 0.15) is 22.5 Å². The minimum absolute atomic E-state index is 0.00595. The summed E-state index contributed by atoms with van der Waals surface area (Å²) in [4.78, 5) is 17.3. The third-order valence-corrected chi connectivity index (χ3v) is 5.92. The topological polar surface area (TPSA) is 77.6 Å². The number of benzene rings is 2. The van der Waals surface area contributed by atoms with E-state index in [1.54, 1.807) is 23.0 Å². The molecule has 8 heteroatoms. The number of nitrogens with one attached hydrogen (secondary N) is 1. The lowest BCUT2D eigenvalue weighted by Crippen LogP contribution is -2.20. The highest BCUT2D eigenvalue weighted by molar-refractivity contribution is 5.96. The van der Waals surface area contributed by atoms with Gasteiger partial charge in [-0.05, 0) is 55.7 Å². The number of rotatable bonds is 6. The summed E-state index contributed by atoms with van der Waals surface area (Å²) in [6, 6.07) is 18.3. The van der Waals surface area contributed by atoms with Crippen molar-refractivity contribution in [3.63, 3.8) is 0 Å². The molecule has 0 spiro atoms. The number of pyridine rings is 1. The Morgan fingerprint density at radius 2 is 1.77 bits per heavy atom. The van der Waals surface area contributed by atoms with E-state index in [2.05, 4.69) is 45.6 Å². The molecule has 0 fully saturated rings. The lowest BCUT2D eigenvalue weighted by atomic mass is 10.0. The normalized spacial score (nSPS) is 11.2. The minimum atomic E-state index is -0.292. The molecule has 1 amide bonds. The number of hydrogen-bond donors (Lipinski definition) is 1. The van der Waals surface area contributed by atoms with Crippen LogP contribution in [0.5, 0.6) is 0 Å². The quantitative estimate of drug-likeness (QED) is 0.379. The van der Waals surface area contributed by atoms with Crippen LogP contribution < -0.4 is 5.32 Å². The van der Waals surface area contributed by atoms with Gasteiger partial charge < -0.3 is 5.32 Å². The zero-order valence-electron chi connectivity index (χ0n) is 19.8. The predicted molar refractivity (Wildman–Crippen MR) is 134 cm³/mol. The number of fused-ring (bicyclic) bond motifs is 1. The van der Waals surface area contributed by atoms with E-state index < -0.39 is 0 Å².